The topological polar surface area (TPSA) is 39.9 Å². The number of hydrogen-bond acceptors (Lipinski definition) is 3. The molecule has 0 amide bonds. The van der Waals surface area contributed by atoms with E-state index in [-0.39, 0.29) is 0 Å². The van der Waals surface area contributed by atoms with Gasteiger partial charge in [0, 0.05) is 11.9 Å². The fourth-order valence-corrected chi connectivity index (χ4v) is 2.55. The molecule has 0 spiro atoms. The van der Waals surface area contributed by atoms with E-state index < -0.39 is 10.0 Å². The SMILES string of the molecule is CS(C)(C)CCOCn1ccc2nc(Br)c(Cl)nc21. The van der Waals surface area contributed by atoms with Gasteiger partial charge in [0.2, 0.25) is 0 Å². The van der Waals surface area contributed by atoms with Crippen LogP contribution in [0, 0.1) is 0 Å². The smallest absolute Gasteiger partial charge is 0.164 e. The van der Waals surface area contributed by atoms with Gasteiger partial charge in [-0.1, -0.05) is 11.6 Å². The van der Waals surface area contributed by atoms with Crippen molar-refractivity contribution in [2.24, 2.45) is 0 Å². The zero-order chi connectivity index (χ0) is 14.0. The van der Waals surface area contributed by atoms with Crippen LogP contribution in [0.3, 0.4) is 0 Å². The van der Waals surface area contributed by atoms with Crippen molar-refractivity contribution in [2.45, 2.75) is 6.73 Å². The lowest BCUT2D eigenvalue weighted by Gasteiger charge is -2.24. The normalized spacial score (nSPS) is 13.1. The first kappa shape index (κ1) is 15.1. The first-order valence-electron chi connectivity index (χ1n) is 5.78. The molecule has 0 N–H and O–H groups in total. The summed E-state index contributed by atoms with van der Waals surface area (Å²) in [5, 5.41) is 0.367. The van der Waals surface area contributed by atoms with E-state index in [1.54, 1.807) is 0 Å². The van der Waals surface area contributed by atoms with E-state index in [4.69, 9.17) is 16.3 Å². The molecule has 0 saturated carbocycles. The predicted octanol–water partition coefficient (Wildman–Crippen LogP) is 3.52. The van der Waals surface area contributed by atoms with Crippen molar-refractivity contribution < 1.29 is 4.74 Å². The molecule has 106 valence electrons. The van der Waals surface area contributed by atoms with Crippen molar-refractivity contribution in [3.05, 3.63) is 22.0 Å². The van der Waals surface area contributed by atoms with Crippen LogP contribution in [0.1, 0.15) is 0 Å². The van der Waals surface area contributed by atoms with Crippen LogP contribution in [-0.2, 0) is 11.5 Å². The summed E-state index contributed by atoms with van der Waals surface area (Å²) in [6.07, 6.45) is 8.76. The maximum atomic E-state index is 5.97. The highest BCUT2D eigenvalue weighted by molar-refractivity contribution is 9.10. The standard InChI is InChI=1S/C12H17BrClN3OS/c1-19(2,3)7-6-18-8-17-5-4-9-12(17)16-11(14)10(13)15-9/h4-5H,6-8H2,1-3H3. The maximum absolute atomic E-state index is 5.97. The van der Waals surface area contributed by atoms with Crippen molar-refractivity contribution in [3.63, 3.8) is 0 Å². The van der Waals surface area contributed by atoms with Crippen molar-refractivity contribution in [3.8, 4) is 0 Å². The minimum absolute atomic E-state index is 0.367. The quantitative estimate of drug-likeness (QED) is 0.760. The Balaban J connectivity index is 2.03. The van der Waals surface area contributed by atoms with Crippen LogP contribution in [0.15, 0.2) is 16.9 Å². The molecule has 0 saturated heterocycles. The largest absolute Gasteiger partial charge is 0.360 e. The first-order chi connectivity index (χ1) is 8.87. The number of fused-ring (bicyclic) bond motifs is 1. The molecule has 7 heteroatoms. The number of rotatable bonds is 5. The summed E-state index contributed by atoms with van der Waals surface area (Å²) in [5.74, 6) is 1.10. The van der Waals surface area contributed by atoms with E-state index in [2.05, 4.69) is 44.7 Å². The summed E-state index contributed by atoms with van der Waals surface area (Å²) >= 11 is 9.23. The van der Waals surface area contributed by atoms with Gasteiger partial charge in [-0.2, -0.15) is 0 Å². The average Bonchev–Trinajstić information content (AvgIpc) is 2.67. The second kappa shape index (κ2) is 5.99. The number of aromatic nitrogens is 3. The van der Waals surface area contributed by atoms with Crippen LogP contribution in [0.2, 0.25) is 5.15 Å². The molecule has 0 unspecified atom stereocenters. The Morgan fingerprint density at radius 2 is 2.11 bits per heavy atom. The summed E-state index contributed by atoms with van der Waals surface area (Å²) in [6, 6.07) is 1.90. The monoisotopic (exact) mass is 365 g/mol. The van der Waals surface area contributed by atoms with E-state index in [1.165, 1.54) is 0 Å². The van der Waals surface area contributed by atoms with Gasteiger partial charge in [0.15, 0.2) is 10.8 Å². The highest BCUT2D eigenvalue weighted by Crippen LogP contribution is 2.33. The minimum Gasteiger partial charge on any atom is -0.360 e. The van der Waals surface area contributed by atoms with Crippen LogP contribution in [0.25, 0.3) is 11.2 Å². The highest BCUT2D eigenvalue weighted by atomic mass is 79.9. The Morgan fingerprint density at radius 1 is 1.37 bits per heavy atom. The molecule has 2 heterocycles. The average molecular weight is 367 g/mol. The molecule has 2 aromatic rings. The van der Waals surface area contributed by atoms with Crippen molar-refractivity contribution >= 4 is 48.7 Å². The fraction of sp³-hybridized carbons (Fsp3) is 0.500. The van der Waals surface area contributed by atoms with Gasteiger partial charge >= 0.3 is 0 Å². The summed E-state index contributed by atoms with van der Waals surface area (Å²) in [7, 11) is -0.510. The lowest BCUT2D eigenvalue weighted by atomic mass is 10.5. The third-order valence-corrected chi connectivity index (χ3v) is 5.01. The van der Waals surface area contributed by atoms with Gasteiger partial charge in [0.25, 0.3) is 0 Å². The number of hydrogen-bond donors (Lipinski definition) is 0. The molecule has 0 atom stereocenters. The van der Waals surface area contributed by atoms with Crippen LogP contribution in [-0.4, -0.2) is 45.7 Å². The van der Waals surface area contributed by atoms with Crippen molar-refractivity contribution in [1.82, 2.24) is 14.5 Å². The van der Waals surface area contributed by atoms with E-state index in [1.807, 2.05) is 16.8 Å². The highest BCUT2D eigenvalue weighted by Gasteiger charge is 2.09. The lowest BCUT2D eigenvalue weighted by molar-refractivity contribution is 0.0923. The first-order valence-corrected chi connectivity index (χ1v) is 9.98. The summed E-state index contributed by atoms with van der Waals surface area (Å²) in [6.45, 7) is 1.24. The number of ether oxygens (including phenoxy) is 1. The summed E-state index contributed by atoms with van der Waals surface area (Å²) in [4.78, 5) is 8.62. The van der Waals surface area contributed by atoms with Gasteiger partial charge in [0.05, 0.1) is 6.61 Å². The van der Waals surface area contributed by atoms with Gasteiger partial charge in [-0.25, -0.2) is 20.0 Å². The van der Waals surface area contributed by atoms with Crippen molar-refractivity contribution in [2.75, 3.05) is 31.1 Å². The Labute approximate surface area is 128 Å². The Hall–Kier alpha value is -0.300. The zero-order valence-corrected chi connectivity index (χ0v) is 14.3. The van der Waals surface area contributed by atoms with Crippen LogP contribution in [0.5, 0.6) is 0 Å². The molecule has 19 heavy (non-hydrogen) atoms. The lowest BCUT2D eigenvalue weighted by Crippen LogP contribution is -2.09. The van der Waals surface area contributed by atoms with E-state index in [0.717, 1.165) is 23.5 Å². The molecule has 0 radical (unpaired) electrons. The van der Waals surface area contributed by atoms with E-state index in [9.17, 15) is 0 Å². The summed E-state index contributed by atoms with van der Waals surface area (Å²) < 4.78 is 8.18. The van der Waals surface area contributed by atoms with Crippen LogP contribution >= 0.6 is 37.6 Å². The molecule has 0 bridgehead atoms. The minimum atomic E-state index is -0.510. The second-order valence-corrected chi connectivity index (χ2v) is 10.8. The number of nitrogens with zero attached hydrogens (tertiary/aromatic N) is 3. The van der Waals surface area contributed by atoms with Crippen molar-refractivity contribution in [1.29, 1.82) is 0 Å². The Morgan fingerprint density at radius 3 is 2.79 bits per heavy atom. The van der Waals surface area contributed by atoms with Gasteiger partial charge in [-0.15, -0.1) is 0 Å². The molecular weight excluding hydrogens is 350 g/mol. The molecule has 2 rings (SSSR count). The molecule has 0 aromatic carbocycles. The molecule has 4 nitrogen and oxygen atoms in total. The van der Waals surface area contributed by atoms with Gasteiger partial charge in [0.1, 0.15) is 16.9 Å². The fourth-order valence-electron chi connectivity index (χ4n) is 1.53. The molecular formula is C12H17BrClN3OS. The molecule has 0 fully saturated rings. The molecule has 0 aliphatic carbocycles. The van der Waals surface area contributed by atoms with Gasteiger partial charge < -0.3 is 9.30 Å². The Bertz CT molecular complexity index is 582. The molecule has 0 aliphatic rings. The van der Waals surface area contributed by atoms with E-state index >= 15 is 0 Å². The number of halogens is 2. The van der Waals surface area contributed by atoms with Crippen LogP contribution < -0.4 is 0 Å². The molecule has 2 aromatic heterocycles. The predicted molar refractivity (Wildman–Crippen MR) is 86.4 cm³/mol. The van der Waals surface area contributed by atoms with Gasteiger partial charge in [-0.3, -0.25) is 0 Å². The third kappa shape index (κ3) is 4.08. The van der Waals surface area contributed by atoms with Crippen LogP contribution in [0.4, 0.5) is 0 Å². The summed E-state index contributed by atoms with van der Waals surface area (Å²) in [5.41, 5.74) is 1.55. The zero-order valence-electron chi connectivity index (χ0n) is 11.2. The third-order valence-electron chi connectivity index (χ3n) is 2.58. The van der Waals surface area contributed by atoms with E-state index in [0.29, 0.717) is 16.5 Å². The molecule has 0 aliphatic heterocycles. The maximum Gasteiger partial charge on any atom is 0.164 e. The second-order valence-electron chi connectivity index (χ2n) is 5.13. The van der Waals surface area contributed by atoms with Gasteiger partial charge in [-0.05, 0) is 40.8 Å². The Kier molecular flexibility index (Phi) is 4.76.